The zero-order chi connectivity index (χ0) is 21.8. The van der Waals surface area contributed by atoms with Crippen molar-refractivity contribution in [2.75, 3.05) is 18.9 Å². The van der Waals surface area contributed by atoms with Crippen molar-refractivity contribution in [3.63, 3.8) is 0 Å². The fourth-order valence-electron chi connectivity index (χ4n) is 8.24. The lowest BCUT2D eigenvalue weighted by molar-refractivity contribution is -0.158. The van der Waals surface area contributed by atoms with Gasteiger partial charge in [0.1, 0.15) is 0 Å². The summed E-state index contributed by atoms with van der Waals surface area (Å²) in [5.74, 6) is 3.14. The minimum Gasteiger partial charge on any atom is -0.342 e. The fourth-order valence-corrected chi connectivity index (χ4v) is 8.76. The van der Waals surface area contributed by atoms with Crippen molar-refractivity contribution in [2.45, 2.75) is 71.3 Å². The van der Waals surface area contributed by atoms with Crippen molar-refractivity contribution in [3.05, 3.63) is 11.6 Å². The molecule has 5 rings (SSSR count). The van der Waals surface area contributed by atoms with E-state index < -0.39 is 0 Å². The predicted molar refractivity (Wildman–Crippen MR) is 123 cm³/mol. The summed E-state index contributed by atoms with van der Waals surface area (Å²) in [6, 6.07) is 0.284. The predicted octanol–water partition coefficient (Wildman–Crippen LogP) is 4.74. The molecule has 7 atom stereocenters. The summed E-state index contributed by atoms with van der Waals surface area (Å²) in [5.41, 5.74) is 0.589. The molecule has 7 heteroatoms. The number of rotatable bonds is 3. The van der Waals surface area contributed by atoms with E-state index in [4.69, 9.17) is 0 Å². The molecule has 4 fully saturated rings. The zero-order valence-electron chi connectivity index (χ0n) is 19.0. The van der Waals surface area contributed by atoms with Gasteiger partial charge in [0.05, 0.1) is 0 Å². The van der Waals surface area contributed by atoms with Crippen LogP contribution in [0.5, 0.6) is 0 Å². The van der Waals surface area contributed by atoms with Crippen LogP contribution in [0.3, 0.4) is 0 Å². The molecule has 0 unspecified atom stereocenters. The lowest BCUT2D eigenvalue weighted by Crippen LogP contribution is -2.61. The Morgan fingerprint density at radius 2 is 1.97 bits per heavy atom. The van der Waals surface area contributed by atoms with Gasteiger partial charge >= 0.3 is 6.03 Å². The summed E-state index contributed by atoms with van der Waals surface area (Å²) in [6.45, 7) is 5.73. The van der Waals surface area contributed by atoms with Gasteiger partial charge in [0.2, 0.25) is 5.91 Å². The summed E-state index contributed by atoms with van der Waals surface area (Å²) in [6.07, 6.45) is 10.9. The van der Waals surface area contributed by atoms with Crippen LogP contribution < -0.4 is 10.6 Å². The summed E-state index contributed by atoms with van der Waals surface area (Å²) in [7, 11) is 2.03. The highest BCUT2D eigenvalue weighted by molar-refractivity contribution is 7.13. The molecule has 0 bridgehead atoms. The monoisotopic (exact) mass is 444 g/mol. The number of piperidine rings is 1. The number of carbonyl (C=O) groups excluding carboxylic acids is 2. The molecule has 1 aromatic rings. The van der Waals surface area contributed by atoms with Crippen molar-refractivity contribution in [1.29, 1.82) is 0 Å². The molecule has 170 valence electrons. The fraction of sp³-hybridized carbons (Fsp3) is 0.792. The molecule has 2 heterocycles. The summed E-state index contributed by atoms with van der Waals surface area (Å²) in [5, 5.41) is 8.49. The number of thiazole rings is 1. The lowest BCUT2D eigenvalue weighted by Gasteiger charge is -2.61. The second-order valence-electron chi connectivity index (χ2n) is 11.0. The second-order valence-corrected chi connectivity index (χ2v) is 11.9. The van der Waals surface area contributed by atoms with Crippen LogP contribution in [0.4, 0.5) is 9.93 Å². The first kappa shape index (κ1) is 21.2. The largest absolute Gasteiger partial charge is 0.342 e. The van der Waals surface area contributed by atoms with Crippen LogP contribution in [0, 0.1) is 34.5 Å². The van der Waals surface area contributed by atoms with Gasteiger partial charge in [0, 0.05) is 37.6 Å². The Bertz CT molecular complexity index is 845. The number of hydrogen-bond donors (Lipinski definition) is 2. The average Bonchev–Trinajstić information content (AvgIpc) is 3.36. The van der Waals surface area contributed by atoms with Crippen LogP contribution in [-0.4, -0.2) is 41.5 Å². The van der Waals surface area contributed by atoms with E-state index >= 15 is 0 Å². The minimum atomic E-state index is -0.140. The molecule has 0 radical (unpaired) electrons. The number of hydrogen-bond acceptors (Lipinski definition) is 4. The molecule has 31 heavy (non-hydrogen) atoms. The van der Waals surface area contributed by atoms with E-state index in [1.807, 2.05) is 12.4 Å². The molecule has 0 aromatic carbocycles. The van der Waals surface area contributed by atoms with Crippen LogP contribution in [0.25, 0.3) is 0 Å². The van der Waals surface area contributed by atoms with E-state index in [0.29, 0.717) is 28.4 Å². The van der Waals surface area contributed by atoms with Crippen LogP contribution in [0.1, 0.15) is 65.2 Å². The van der Waals surface area contributed by atoms with Gasteiger partial charge in [0.15, 0.2) is 5.13 Å². The average molecular weight is 445 g/mol. The molecule has 2 N–H and O–H groups in total. The number of carbonyl (C=O) groups is 2. The molecule has 3 amide bonds. The minimum absolute atomic E-state index is 0.140. The highest BCUT2D eigenvalue weighted by Crippen LogP contribution is 2.66. The number of urea groups is 1. The zero-order valence-corrected chi connectivity index (χ0v) is 19.8. The van der Waals surface area contributed by atoms with Gasteiger partial charge in [0.25, 0.3) is 0 Å². The maximum Gasteiger partial charge on any atom is 0.321 e. The van der Waals surface area contributed by atoms with Gasteiger partial charge in [-0.3, -0.25) is 10.1 Å². The third kappa shape index (κ3) is 3.38. The third-order valence-corrected chi connectivity index (χ3v) is 10.6. The Balaban J connectivity index is 1.26. The Hall–Kier alpha value is -1.63. The van der Waals surface area contributed by atoms with Crippen LogP contribution in [0.15, 0.2) is 11.6 Å². The SMILES string of the molecule is CN1C(=O)CC[C@]2(C)[C@H]3CC[C@]4(C)[C@@H](CNC(=O)Nc5nccs5)CC[C@H]4[C@@H]3CC[C@@H]12. The maximum absolute atomic E-state index is 12.3. The first-order valence-corrected chi connectivity index (χ1v) is 12.9. The molecule has 6 nitrogen and oxygen atoms in total. The number of nitrogens with zero attached hydrogens (tertiary/aromatic N) is 2. The Kier molecular flexibility index (Phi) is 5.31. The number of fused-ring (bicyclic) bond motifs is 5. The quantitative estimate of drug-likeness (QED) is 0.707. The normalized spacial score (nSPS) is 41.8. The van der Waals surface area contributed by atoms with Crippen molar-refractivity contribution in [3.8, 4) is 0 Å². The first-order valence-electron chi connectivity index (χ1n) is 12.0. The second kappa shape index (κ2) is 7.75. The topological polar surface area (TPSA) is 74.3 Å². The number of anilines is 1. The van der Waals surface area contributed by atoms with Gasteiger partial charge in [-0.25, -0.2) is 9.78 Å². The highest BCUT2D eigenvalue weighted by atomic mass is 32.1. The smallest absolute Gasteiger partial charge is 0.321 e. The van der Waals surface area contributed by atoms with Crippen molar-refractivity contribution in [2.24, 2.45) is 34.5 Å². The number of amides is 3. The number of nitrogens with one attached hydrogen (secondary N) is 2. The summed E-state index contributed by atoms with van der Waals surface area (Å²) in [4.78, 5) is 30.9. The number of aromatic nitrogens is 1. The Morgan fingerprint density at radius 3 is 2.74 bits per heavy atom. The van der Waals surface area contributed by atoms with Crippen LogP contribution in [-0.2, 0) is 4.79 Å². The standard InChI is InChI=1S/C24H36N4O2S/c1-23-10-8-18-16(5-7-19-24(18,2)11-9-20(29)28(19)3)17(23)6-4-15(23)14-26-21(30)27-22-25-12-13-31-22/h12-13,15-19H,4-11,14H2,1-3H3,(H2,25,26,27,30)/t15-,16+,17+,18+,19-,23-,24-/m1/s1. The van der Waals surface area contributed by atoms with Gasteiger partial charge in [-0.05, 0) is 79.4 Å². The molecule has 3 aliphatic carbocycles. The van der Waals surface area contributed by atoms with Crippen molar-refractivity contribution < 1.29 is 9.59 Å². The van der Waals surface area contributed by atoms with Crippen molar-refractivity contribution in [1.82, 2.24) is 15.2 Å². The van der Waals surface area contributed by atoms with Gasteiger partial charge in [-0.15, -0.1) is 11.3 Å². The summed E-state index contributed by atoms with van der Waals surface area (Å²) >= 11 is 1.44. The lowest BCUT2D eigenvalue weighted by atomic mass is 9.47. The van der Waals surface area contributed by atoms with Crippen LogP contribution in [0.2, 0.25) is 0 Å². The summed E-state index contributed by atoms with van der Waals surface area (Å²) < 4.78 is 0. The molecule has 1 aliphatic heterocycles. The van der Waals surface area contributed by atoms with Crippen LogP contribution >= 0.6 is 11.3 Å². The van der Waals surface area contributed by atoms with E-state index in [9.17, 15) is 9.59 Å². The van der Waals surface area contributed by atoms with Gasteiger partial charge < -0.3 is 10.2 Å². The Morgan fingerprint density at radius 1 is 1.16 bits per heavy atom. The van der Waals surface area contributed by atoms with E-state index in [0.717, 1.165) is 43.6 Å². The van der Waals surface area contributed by atoms with E-state index in [1.54, 1.807) is 6.20 Å². The Labute approximate surface area is 189 Å². The van der Waals surface area contributed by atoms with Gasteiger partial charge in [-0.1, -0.05) is 13.8 Å². The van der Waals surface area contributed by atoms with E-state index in [2.05, 4.69) is 34.4 Å². The molecule has 0 spiro atoms. The van der Waals surface area contributed by atoms with Crippen molar-refractivity contribution >= 4 is 28.4 Å². The van der Waals surface area contributed by atoms with E-state index in [-0.39, 0.29) is 11.4 Å². The van der Waals surface area contributed by atoms with Gasteiger partial charge in [-0.2, -0.15) is 0 Å². The van der Waals surface area contributed by atoms with E-state index in [1.165, 1.54) is 43.4 Å². The number of likely N-dealkylation sites (tertiary alicyclic amines) is 1. The molecule has 1 aromatic heterocycles. The molecule has 1 saturated heterocycles. The first-order chi connectivity index (χ1) is 14.8. The molecular formula is C24H36N4O2S. The third-order valence-electron chi connectivity index (χ3n) is 9.92. The molecular weight excluding hydrogens is 408 g/mol. The highest BCUT2D eigenvalue weighted by Gasteiger charge is 2.60. The maximum atomic E-state index is 12.3. The molecule has 3 saturated carbocycles. The molecule has 4 aliphatic rings.